The fourth-order valence-corrected chi connectivity index (χ4v) is 3.72. The van der Waals surface area contributed by atoms with E-state index in [1.54, 1.807) is 12.1 Å². The average Bonchev–Trinajstić information content (AvgIpc) is 3.06. The number of carbonyl (C=O) groups excluding carboxylic acids is 2. The first-order valence-electron chi connectivity index (χ1n) is 8.51. The molecule has 4 rings (SSSR count). The van der Waals surface area contributed by atoms with E-state index < -0.39 is 0 Å². The number of nitrogens with one attached hydrogen (secondary N) is 2. The number of anilines is 2. The van der Waals surface area contributed by atoms with Crippen LogP contribution in [0.3, 0.4) is 0 Å². The molecule has 0 saturated carbocycles. The third-order valence-corrected chi connectivity index (χ3v) is 5.09. The second-order valence-corrected chi connectivity index (χ2v) is 6.88. The average molecular weight is 368 g/mol. The number of nitrogens with zero attached hydrogens (tertiary/aromatic N) is 1. The van der Waals surface area contributed by atoms with E-state index in [1.807, 2.05) is 42.5 Å². The lowest BCUT2D eigenvalue weighted by atomic mass is 10.1. The molecule has 2 aliphatic rings. The summed E-state index contributed by atoms with van der Waals surface area (Å²) in [7, 11) is 0. The van der Waals surface area contributed by atoms with E-state index in [1.165, 1.54) is 6.08 Å². The van der Waals surface area contributed by atoms with E-state index in [0.717, 1.165) is 16.9 Å². The molecule has 2 aromatic rings. The molecule has 0 bridgehead atoms. The first-order valence-corrected chi connectivity index (χ1v) is 8.89. The number of hydrogen-bond acceptors (Lipinski definition) is 3. The molecule has 0 aliphatic carbocycles. The smallest absolute Gasteiger partial charge is 0.247 e. The lowest BCUT2D eigenvalue weighted by Gasteiger charge is -2.32. The minimum Gasteiger partial charge on any atom is -0.356 e. The minimum absolute atomic E-state index is 0.0212. The van der Waals surface area contributed by atoms with Crippen molar-refractivity contribution in [3.05, 3.63) is 65.2 Å². The van der Waals surface area contributed by atoms with Gasteiger partial charge in [0.15, 0.2) is 0 Å². The lowest BCUT2D eigenvalue weighted by Crippen LogP contribution is -2.43. The molecule has 5 nitrogen and oxygen atoms in total. The maximum atomic E-state index is 12.3. The number of fused-ring (bicyclic) bond motifs is 3. The summed E-state index contributed by atoms with van der Waals surface area (Å²) >= 11 is 6.09. The summed E-state index contributed by atoms with van der Waals surface area (Å²) in [6.07, 6.45) is 3.76. The maximum absolute atomic E-state index is 12.3. The normalized spacial score (nSPS) is 21.3. The molecule has 2 amide bonds. The molecular formula is C20H18ClN3O2. The van der Waals surface area contributed by atoms with Crippen molar-refractivity contribution >= 4 is 40.9 Å². The number of rotatable bonds is 3. The number of para-hydroxylation sites is 2. The predicted molar refractivity (Wildman–Crippen MR) is 103 cm³/mol. The van der Waals surface area contributed by atoms with Gasteiger partial charge < -0.3 is 15.5 Å². The standard InChI is InChI=1S/C20H18ClN3O2/c21-15-6-2-1-5-13(15)9-10-19(25)22-14-11-18-20(26)23-16-7-3-4-8-17(16)24(18)12-14/h1-10,14,18H,11-12H2,(H,22,25)(H,23,26). The van der Waals surface area contributed by atoms with Crippen molar-refractivity contribution in [2.45, 2.75) is 18.5 Å². The molecule has 0 spiro atoms. The molecule has 2 heterocycles. The monoisotopic (exact) mass is 367 g/mol. The summed E-state index contributed by atoms with van der Waals surface area (Å²) in [6, 6.07) is 14.7. The van der Waals surface area contributed by atoms with Crippen LogP contribution in [0, 0.1) is 0 Å². The number of carbonyl (C=O) groups is 2. The SMILES string of the molecule is O=C(C=Cc1ccccc1Cl)NC1CC2C(=O)Nc3ccccc3N2C1. The largest absolute Gasteiger partial charge is 0.356 e. The molecule has 1 saturated heterocycles. The van der Waals surface area contributed by atoms with Crippen molar-refractivity contribution < 1.29 is 9.59 Å². The van der Waals surface area contributed by atoms with Gasteiger partial charge in [-0.05, 0) is 36.3 Å². The second-order valence-electron chi connectivity index (χ2n) is 6.47. The van der Waals surface area contributed by atoms with E-state index >= 15 is 0 Å². The molecule has 0 aromatic heterocycles. The van der Waals surface area contributed by atoms with Gasteiger partial charge >= 0.3 is 0 Å². The molecule has 132 valence electrons. The topological polar surface area (TPSA) is 61.4 Å². The molecule has 2 atom stereocenters. The zero-order chi connectivity index (χ0) is 18.1. The van der Waals surface area contributed by atoms with E-state index in [2.05, 4.69) is 15.5 Å². The molecule has 2 unspecified atom stereocenters. The Balaban J connectivity index is 1.44. The quantitative estimate of drug-likeness (QED) is 0.819. The Kier molecular flexibility index (Phi) is 4.39. The Morgan fingerprint density at radius 3 is 2.81 bits per heavy atom. The molecule has 1 fully saturated rings. The number of halogens is 1. The highest BCUT2D eigenvalue weighted by molar-refractivity contribution is 6.32. The highest BCUT2D eigenvalue weighted by atomic mass is 35.5. The van der Waals surface area contributed by atoms with Gasteiger partial charge in [0.2, 0.25) is 11.8 Å². The zero-order valence-electron chi connectivity index (χ0n) is 14.0. The van der Waals surface area contributed by atoms with Gasteiger partial charge in [-0.3, -0.25) is 9.59 Å². The van der Waals surface area contributed by atoms with Gasteiger partial charge in [-0.1, -0.05) is 41.9 Å². The molecule has 6 heteroatoms. The third-order valence-electron chi connectivity index (χ3n) is 4.74. The van der Waals surface area contributed by atoms with Crippen molar-refractivity contribution in [3.8, 4) is 0 Å². The molecule has 0 radical (unpaired) electrons. The summed E-state index contributed by atoms with van der Waals surface area (Å²) in [5.41, 5.74) is 2.61. The first-order chi connectivity index (χ1) is 12.6. The van der Waals surface area contributed by atoms with E-state index in [0.29, 0.717) is 18.0 Å². The fourth-order valence-electron chi connectivity index (χ4n) is 3.53. The van der Waals surface area contributed by atoms with Crippen molar-refractivity contribution in [1.82, 2.24) is 5.32 Å². The van der Waals surface area contributed by atoms with E-state index in [-0.39, 0.29) is 23.9 Å². The van der Waals surface area contributed by atoms with Crippen LogP contribution < -0.4 is 15.5 Å². The minimum atomic E-state index is -0.247. The van der Waals surface area contributed by atoms with Crippen molar-refractivity contribution in [3.63, 3.8) is 0 Å². The third kappa shape index (κ3) is 3.18. The zero-order valence-corrected chi connectivity index (χ0v) is 14.7. The Bertz CT molecular complexity index is 896. The highest BCUT2D eigenvalue weighted by Crippen LogP contribution is 2.36. The molecular weight excluding hydrogens is 350 g/mol. The summed E-state index contributed by atoms with van der Waals surface area (Å²) in [6.45, 7) is 0.612. The van der Waals surface area contributed by atoms with Crippen molar-refractivity contribution in [2.24, 2.45) is 0 Å². The van der Waals surface area contributed by atoms with Crippen LogP contribution in [0.1, 0.15) is 12.0 Å². The Labute approximate surface area is 156 Å². The lowest BCUT2D eigenvalue weighted by molar-refractivity contribution is -0.118. The van der Waals surface area contributed by atoms with Crippen LogP contribution >= 0.6 is 11.6 Å². The summed E-state index contributed by atoms with van der Waals surface area (Å²) < 4.78 is 0. The van der Waals surface area contributed by atoms with Gasteiger partial charge in [-0.15, -0.1) is 0 Å². The Hall–Kier alpha value is -2.79. The van der Waals surface area contributed by atoms with Crippen LogP contribution in [0.15, 0.2) is 54.6 Å². The summed E-state index contributed by atoms with van der Waals surface area (Å²) in [5.74, 6) is -0.212. The first kappa shape index (κ1) is 16.7. The van der Waals surface area contributed by atoms with Gasteiger partial charge in [0.25, 0.3) is 0 Å². The summed E-state index contributed by atoms with van der Waals surface area (Å²) in [5, 5.41) is 6.52. The van der Waals surface area contributed by atoms with Gasteiger partial charge in [0.05, 0.1) is 11.4 Å². The van der Waals surface area contributed by atoms with Crippen LogP contribution in [0.4, 0.5) is 11.4 Å². The number of hydrogen-bond donors (Lipinski definition) is 2. The molecule has 2 N–H and O–H groups in total. The van der Waals surface area contributed by atoms with Gasteiger partial charge in [0, 0.05) is 23.7 Å². The second kappa shape index (κ2) is 6.84. The number of amides is 2. The van der Waals surface area contributed by atoms with Crippen LogP contribution in [0.25, 0.3) is 6.08 Å². The van der Waals surface area contributed by atoms with Gasteiger partial charge in [0.1, 0.15) is 6.04 Å². The van der Waals surface area contributed by atoms with Gasteiger partial charge in [-0.2, -0.15) is 0 Å². The Morgan fingerprint density at radius 2 is 1.96 bits per heavy atom. The Morgan fingerprint density at radius 1 is 1.19 bits per heavy atom. The summed E-state index contributed by atoms with van der Waals surface area (Å²) in [4.78, 5) is 26.6. The van der Waals surface area contributed by atoms with Crippen LogP contribution in [-0.4, -0.2) is 30.4 Å². The van der Waals surface area contributed by atoms with Crippen LogP contribution in [-0.2, 0) is 9.59 Å². The fraction of sp³-hybridized carbons (Fsp3) is 0.200. The van der Waals surface area contributed by atoms with Crippen LogP contribution in [0.2, 0.25) is 5.02 Å². The number of benzene rings is 2. The van der Waals surface area contributed by atoms with Gasteiger partial charge in [-0.25, -0.2) is 0 Å². The molecule has 2 aromatic carbocycles. The molecule has 26 heavy (non-hydrogen) atoms. The maximum Gasteiger partial charge on any atom is 0.247 e. The van der Waals surface area contributed by atoms with E-state index in [4.69, 9.17) is 11.6 Å². The highest BCUT2D eigenvalue weighted by Gasteiger charge is 2.41. The predicted octanol–water partition coefficient (Wildman–Crippen LogP) is 3.07. The van der Waals surface area contributed by atoms with Crippen molar-refractivity contribution in [1.29, 1.82) is 0 Å². The van der Waals surface area contributed by atoms with E-state index in [9.17, 15) is 9.59 Å². The van der Waals surface area contributed by atoms with Crippen molar-refractivity contribution in [2.75, 3.05) is 16.8 Å². The van der Waals surface area contributed by atoms with Crippen LogP contribution in [0.5, 0.6) is 0 Å². The molecule has 2 aliphatic heterocycles.